The van der Waals surface area contributed by atoms with Crippen molar-refractivity contribution in [2.75, 3.05) is 29.1 Å². The smallest absolute Gasteiger partial charge is 0.234 e. The molecule has 3 heterocycles. The van der Waals surface area contributed by atoms with Crippen LogP contribution in [0.25, 0.3) is 11.6 Å². The number of carbonyl (C=O) groups excluding carboxylic acids is 1. The summed E-state index contributed by atoms with van der Waals surface area (Å²) in [5.41, 5.74) is 3.16. The number of aromatic nitrogens is 3. The van der Waals surface area contributed by atoms with Crippen molar-refractivity contribution in [3.05, 3.63) is 42.2 Å². The van der Waals surface area contributed by atoms with Crippen LogP contribution in [-0.4, -0.2) is 39.5 Å². The van der Waals surface area contributed by atoms with Crippen LogP contribution in [0.1, 0.15) is 32.3 Å². The number of benzene rings is 1. The molecule has 0 bridgehead atoms. The van der Waals surface area contributed by atoms with Gasteiger partial charge in [0, 0.05) is 31.0 Å². The third kappa shape index (κ3) is 5.12. The molecule has 0 radical (unpaired) electrons. The van der Waals surface area contributed by atoms with Crippen LogP contribution in [0.5, 0.6) is 0 Å². The van der Waals surface area contributed by atoms with E-state index in [9.17, 15) is 4.79 Å². The molecule has 164 valence electrons. The molecule has 1 saturated heterocycles. The van der Waals surface area contributed by atoms with E-state index in [-0.39, 0.29) is 11.7 Å². The molecule has 2 aromatic heterocycles. The van der Waals surface area contributed by atoms with Crippen molar-refractivity contribution in [2.45, 2.75) is 45.3 Å². The molecule has 1 fully saturated rings. The van der Waals surface area contributed by atoms with Gasteiger partial charge in [0.25, 0.3) is 0 Å². The topological polar surface area (TPSA) is 76.2 Å². The lowest BCUT2D eigenvalue weighted by molar-refractivity contribution is -0.113. The van der Waals surface area contributed by atoms with E-state index in [1.165, 1.54) is 30.3 Å². The molecule has 0 atom stereocenters. The van der Waals surface area contributed by atoms with Crippen molar-refractivity contribution in [1.82, 2.24) is 14.8 Å². The van der Waals surface area contributed by atoms with Crippen LogP contribution < -0.4 is 10.2 Å². The number of hydrogen-bond acceptors (Lipinski definition) is 6. The van der Waals surface area contributed by atoms with Crippen LogP contribution in [0.2, 0.25) is 0 Å². The summed E-state index contributed by atoms with van der Waals surface area (Å²) in [6.45, 7) is 9.29. The summed E-state index contributed by atoms with van der Waals surface area (Å²) in [6, 6.07) is 9.96. The van der Waals surface area contributed by atoms with E-state index in [4.69, 9.17) is 4.42 Å². The number of amides is 1. The zero-order chi connectivity index (χ0) is 21.8. The Bertz CT molecular complexity index is 1020. The molecule has 3 aromatic rings. The molecule has 0 spiro atoms. The molecule has 1 aliphatic heterocycles. The van der Waals surface area contributed by atoms with Gasteiger partial charge in [0.15, 0.2) is 16.7 Å². The van der Waals surface area contributed by atoms with E-state index in [0.717, 1.165) is 36.0 Å². The van der Waals surface area contributed by atoms with Gasteiger partial charge < -0.3 is 14.6 Å². The number of furan rings is 1. The van der Waals surface area contributed by atoms with Crippen molar-refractivity contribution in [2.24, 2.45) is 5.92 Å². The average molecular weight is 440 g/mol. The first kappa shape index (κ1) is 21.5. The fourth-order valence-electron chi connectivity index (χ4n) is 3.79. The molecule has 1 amide bonds. The summed E-state index contributed by atoms with van der Waals surface area (Å²) in [5, 5.41) is 12.4. The van der Waals surface area contributed by atoms with E-state index in [0.29, 0.717) is 17.5 Å². The fraction of sp³-hybridized carbons (Fsp3) is 0.435. The van der Waals surface area contributed by atoms with E-state index >= 15 is 0 Å². The van der Waals surface area contributed by atoms with E-state index in [2.05, 4.69) is 46.4 Å². The Morgan fingerprint density at radius 3 is 2.71 bits per heavy atom. The van der Waals surface area contributed by atoms with Gasteiger partial charge >= 0.3 is 0 Å². The lowest BCUT2D eigenvalue weighted by Gasteiger charge is -2.19. The Balaban J connectivity index is 1.41. The molecule has 0 unspecified atom stereocenters. The van der Waals surface area contributed by atoms with Crippen molar-refractivity contribution >= 4 is 29.0 Å². The first-order chi connectivity index (χ1) is 15.0. The number of nitrogens with one attached hydrogen (secondary N) is 1. The summed E-state index contributed by atoms with van der Waals surface area (Å²) in [4.78, 5) is 15.0. The molecule has 0 aliphatic carbocycles. The highest BCUT2D eigenvalue weighted by Gasteiger charge is 2.19. The number of aryl methyl sites for hydroxylation is 1. The zero-order valence-electron chi connectivity index (χ0n) is 18.3. The maximum atomic E-state index is 12.6. The molecule has 4 rings (SSSR count). The molecule has 31 heavy (non-hydrogen) atoms. The van der Waals surface area contributed by atoms with Gasteiger partial charge in [-0.3, -0.25) is 9.36 Å². The maximum Gasteiger partial charge on any atom is 0.234 e. The molecular weight excluding hydrogens is 410 g/mol. The van der Waals surface area contributed by atoms with Gasteiger partial charge in [0.2, 0.25) is 5.91 Å². The second-order valence-electron chi connectivity index (χ2n) is 8.32. The van der Waals surface area contributed by atoms with Crippen LogP contribution in [0.15, 0.2) is 46.2 Å². The van der Waals surface area contributed by atoms with Gasteiger partial charge in [-0.2, -0.15) is 0 Å². The first-order valence-electron chi connectivity index (χ1n) is 10.8. The number of carbonyl (C=O) groups is 1. The predicted molar refractivity (Wildman–Crippen MR) is 125 cm³/mol. The standard InChI is InChI=1S/C23H29N5O2S/c1-16(2)14-28-22(20-7-6-12-30-20)25-26-23(28)31-15-21(29)24-19-9-8-18(13-17(19)3)27-10-4-5-11-27/h6-9,12-13,16H,4-5,10-11,14-15H2,1-3H3,(H,24,29). The minimum Gasteiger partial charge on any atom is -0.461 e. The average Bonchev–Trinajstić information content (AvgIpc) is 3.50. The number of thioether (sulfide) groups is 1. The second-order valence-corrected chi connectivity index (χ2v) is 9.26. The molecule has 0 saturated carbocycles. The lowest BCUT2D eigenvalue weighted by atomic mass is 10.1. The minimum atomic E-state index is -0.0549. The Morgan fingerprint density at radius 2 is 2.03 bits per heavy atom. The fourth-order valence-corrected chi connectivity index (χ4v) is 4.54. The summed E-state index contributed by atoms with van der Waals surface area (Å²) in [6.07, 6.45) is 4.12. The quantitative estimate of drug-likeness (QED) is 0.507. The lowest BCUT2D eigenvalue weighted by Crippen LogP contribution is -2.19. The van der Waals surface area contributed by atoms with Crippen molar-refractivity contribution in [3.8, 4) is 11.6 Å². The molecule has 1 aromatic carbocycles. The van der Waals surface area contributed by atoms with Crippen LogP contribution in [0.4, 0.5) is 11.4 Å². The Hall–Kier alpha value is -2.74. The monoisotopic (exact) mass is 439 g/mol. The Kier molecular flexibility index (Phi) is 6.65. The SMILES string of the molecule is Cc1cc(N2CCCC2)ccc1NC(=O)CSc1nnc(-c2ccco2)n1CC(C)C. The van der Waals surface area contributed by atoms with E-state index < -0.39 is 0 Å². The minimum absolute atomic E-state index is 0.0549. The van der Waals surface area contributed by atoms with Gasteiger partial charge in [-0.1, -0.05) is 25.6 Å². The Morgan fingerprint density at radius 1 is 1.23 bits per heavy atom. The maximum absolute atomic E-state index is 12.6. The first-order valence-corrected chi connectivity index (χ1v) is 11.7. The van der Waals surface area contributed by atoms with E-state index in [1.807, 2.05) is 29.7 Å². The normalized spacial score (nSPS) is 13.9. The highest BCUT2D eigenvalue weighted by molar-refractivity contribution is 7.99. The number of anilines is 2. The third-order valence-corrected chi connectivity index (χ3v) is 6.26. The highest BCUT2D eigenvalue weighted by atomic mass is 32.2. The predicted octanol–water partition coefficient (Wildman–Crippen LogP) is 4.83. The molecule has 1 N–H and O–H groups in total. The van der Waals surface area contributed by atoms with Gasteiger partial charge in [-0.25, -0.2) is 0 Å². The van der Waals surface area contributed by atoms with Crippen molar-refractivity contribution < 1.29 is 9.21 Å². The summed E-state index contributed by atoms with van der Waals surface area (Å²) in [5.74, 6) is 1.99. The second kappa shape index (κ2) is 9.60. The van der Waals surface area contributed by atoms with Crippen molar-refractivity contribution in [3.63, 3.8) is 0 Å². The Labute approximate surface area is 187 Å². The molecule has 7 nitrogen and oxygen atoms in total. The van der Waals surface area contributed by atoms with Crippen molar-refractivity contribution in [1.29, 1.82) is 0 Å². The van der Waals surface area contributed by atoms with Crippen LogP contribution in [0.3, 0.4) is 0 Å². The van der Waals surface area contributed by atoms with Crippen LogP contribution >= 0.6 is 11.8 Å². The number of nitrogens with zero attached hydrogens (tertiary/aromatic N) is 4. The van der Waals surface area contributed by atoms with Gasteiger partial charge in [0.05, 0.1) is 12.0 Å². The zero-order valence-corrected chi connectivity index (χ0v) is 19.1. The van der Waals surface area contributed by atoms with Gasteiger partial charge in [-0.05, 0) is 61.6 Å². The molecular formula is C23H29N5O2S. The summed E-state index contributed by atoms with van der Waals surface area (Å²) < 4.78 is 7.53. The number of hydrogen-bond donors (Lipinski definition) is 1. The molecule has 8 heteroatoms. The molecule has 1 aliphatic rings. The van der Waals surface area contributed by atoms with Gasteiger partial charge in [-0.15, -0.1) is 10.2 Å². The summed E-state index contributed by atoms with van der Waals surface area (Å²) in [7, 11) is 0. The summed E-state index contributed by atoms with van der Waals surface area (Å²) >= 11 is 1.39. The van der Waals surface area contributed by atoms with Gasteiger partial charge in [0.1, 0.15) is 0 Å². The van der Waals surface area contributed by atoms with E-state index in [1.54, 1.807) is 6.26 Å². The largest absolute Gasteiger partial charge is 0.461 e. The van der Waals surface area contributed by atoms with Crippen LogP contribution in [0, 0.1) is 12.8 Å². The third-order valence-electron chi connectivity index (χ3n) is 5.29. The van der Waals surface area contributed by atoms with Crippen LogP contribution in [-0.2, 0) is 11.3 Å². The highest BCUT2D eigenvalue weighted by Crippen LogP contribution is 2.27. The number of rotatable bonds is 8.